The van der Waals surface area contributed by atoms with Gasteiger partial charge >= 0.3 is 0 Å². The normalized spacial score (nSPS) is 9.94. The lowest BCUT2D eigenvalue weighted by Gasteiger charge is -2.06. The fraction of sp³-hybridized carbons (Fsp3) is 0.214. The first-order valence-corrected chi connectivity index (χ1v) is 6.58. The average Bonchev–Trinajstić information content (AvgIpc) is 2.91. The molecule has 1 aromatic carbocycles. The van der Waals surface area contributed by atoms with Crippen molar-refractivity contribution < 1.29 is 4.74 Å². The van der Waals surface area contributed by atoms with Crippen LogP contribution < -0.4 is 10.1 Å². The van der Waals surface area contributed by atoms with E-state index in [0.717, 1.165) is 11.3 Å². The Bertz CT molecular complexity index is 500. The van der Waals surface area contributed by atoms with Crippen molar-refractivity contribution in [2.75, 3.05) is 6.54 Å². The molecule has 0 unspecified atom stereocenters. The van der Waals surface area contributed by atoms with Crippen LogP contribution in [0.4, 0.5) is 0 Å². The van der Waals surface area contributed by atoms with Gasteiger partial charge < -0.3 is 10.1 Å². The molecule has 0 fully saturated rings. The van der Waals surface area contributed by atoms with Crippen LogP contribution in [-0.4, -0.2) is 6.54 Å². The summed E-state index contributed by atoms with van der Waals surface area (Å²) in [6.45, 7) is 1.69. The molecule has 0 radical (unpaired) electrons. The number of hydrogen-bond acceptors (Lipinski definition) is 4. The van der Waals surface area contributed by atoms with Crippen LogP contribution in [-0.2, 0) is 13.2 Å². The molecule has 92 valence electrons. The highest BCUT2D eigenvalue weighted by molar-refractivity contribution is 7.09. The zero-order valence-electron chi connectivity index (χ0n) is 9.93. The quantitative estimate of drug-likeness (QED) is 0.640. The van der Waals surface area contributed by atoms with Crippen LogP contribution in [0.2, 0.25) is 0 Å². The van der Waals surface area contributed by atoms with E-state index in [1.165, 1.54) is 4.88 Å². The van der Waals surface area contributed by atoms with E-state index in [1.807, 2.05) is 35.7 Å². The highest BCUT2D eigenvalue weighted by Crippen LogP contribution is 2.16. The summed E-state index contributed by atoms with van der Waals surface area (Å²) in [6.07, 6.45) is 0. The summed E-state index contributed by atoms with van der Waals surface area (Å²) in [4.78, 5) is 1.22. The molecule has 0 amide bonds. The molecule has 1 heterocycles. The monoisotopic (exact) mass is 258 g/mol. The molecule has 18 heavy (non-hydrogen) atoms. The first kappa shape index (κ1) is 12.6. The van der Waals surface area contributed by atoms with Crippen LogP contribution >= 0.6 is 11.3 Å². The summed E-state index contributed by atoms with van der Waals surface area (Å²) in [5.74, 6) is 0.868. The predicted octanol–water partition coefficient (Wildman–Crippen LogP) is 2.94. The number of benzene rings is 1. The smallest absolute Gasteiger partial charge is 0.122 e. The highest BCUT2D eigenvalue weighted by Gasteiger charge is 1.97. The van der Waals surface area contributed by atoms with Crippen LogP contribution in [0.1, 0.15) is 10.4 Å². The largest absolute Gasteiger partial charge is 0.488 e. The fourth-order valence-corrected chi connectivity index (χ4v) is 2.13. The Morgan fingerprint density at radius 1 is 1.22 bits per heavy atom. The maximum absolute atomic E-state index is 8.42. The average molecular weight is 258 g/mol. The number of nitriles is 1. The number of ether oxygens (including phenoxy) is 1. The molecule has 0 aliphatic heterocycles. The third kappa shape index (κ3) is 3.88. The van der Waals surface area contributed by atoms with Crippen molar-refractivity contribution in [1.82, 2.24) is 5.32 Å². The molecule has 0 spiro atoms. The Balaban J connectivity index is 1.82. The van der Waals surface area contributed by atoms with Crippen molar-refractivity contribution in [1.29, 1.82) is 5.26 Å². The van der Waals surface area contributed by atoms with E-state index in [1.54, 1.807) is 11.3 Å². The predicted molar refractivity (Wildman–Crippen MR) is 72.4 cm³/mol. The van der Waals surface area contributed by atoms with Crippen molar-refractivity contribution in [2.24, 2.45) is 0 Å². The lowest BCUT2D eigenvalue weighted by molar-refractivity contribution is 0.309. The maximum Gasteiger partial charge on any atom is 0.122 e. The minimum Gasteiger partial charge on any atom is -0.488 e. The van der Waals surface area contributed by atoms with Crippen molar-refractivity contribution in [2.45, 2.75) is 13.2 Å². The molecule has 2 rings (SSSR count). The summed E-state index contributed by atoms with van der Waals surface area (Å²) >= 11 is 1.69. The van der Waals surface area contributed by atoms with Gasteiger partial charge in [-0.15, -0.1) is 11.3 Å². The number of nitrogens with one attached hydrogen (secondary N) is 1. The SMILES string of the molecule is N#CCNCc1ccc(OCc2cccs2)cc1. The van der Waals surface area contributed by atoms with Gasteiger partial charge in [-0.1, -0.05) is 18.2 Å². The number of hydrogen-bond donors (Lipinski definition) is 1. The molecule has 0 aliphatic rings. The molecule has 0 saturated heterocycles. The van der Waals surface area contributed by atoms with Crippen LogP contribution in [0.15, 0.2) is 41.8 Å². The second-order valence-corrected chi connectivity index (χ2v) is 4.81. The van der Waals surface area contributed by atoms with Gasteiger partial charge in [0.25, 0.3) is 0 Å². The van der Waals surface area contributed by atoms with E-state index in [-0.39, 0.29) is 0 Å². The fourth-order valence-electron chi connectivity index (χ4n) is 1.52. The van der Waals surface area contributed by atoms with Crippen molar-refractivity contribution in [3.8, 4) is 11.8 Å². The summed E-state index contributed by atoms with van der Waals surface area (Å²) in [7, 11) is 0. The van der Waals surface area contributed by atoms with Gasteiger partial charge in [-0.25, -0.2) is 0 Å². The Kier molecular flexibility index (Phi) is 4.77. The molecule has 1 aromatic heterocycles. The van der Waals surface area contributed by atoms with Crippen LogP contribution in [0.5, 0.6) is 5.75 Å². The molecule has 4 heteroatoms. The zero-order chi connectivity index (χ0) is 12.6. The molecule has 0 saturated carbocycles. The van der Waals surface area contributed by atoms with Gasteiger partial charge in [-0.3, -0.25) is 0 Å². The second-order valence-electron chi connectivity index (χ2n) is 3.77. The van der Waals surface area contributed by atoms with E-state index < -0.39 is 0 Å². The Labute approximate surface area is 111 Å². The third-order valence-corrected chi connectivity index (χ3v) is 3.27. The van der Waals surface area contributed by atoms with Gasteiger partial charge in [-0.2, -0.15) is 5.26 Å². The van der Waals surface area contributed by atoms with Gasteiger partial charge in [0, 0.05) is 11.4 Å². The molecule has 2 aromatic rings. The van der Waals surface area contributed by atoms with E-state index >= 15 is 0 Å². The number of thiophene rings is 1. The molecular weight excluding hydrogens is 244 g/mol. The molecule has 1 N–H and O–H groups in total. The van der Waals surface area contributed by atoms with Gasteiger partial charge in [0.15, 0.2) is 0 Å². The van der Waals surface area contributed by atoms with Crippen LogP contribution in [0, 0.1) is 11.3 Å². The summed E-state index contributed by atoms with van der Waals surface area (Å²) in [6, 6.07) is 14.1. The first-order valence-electron chi connectivity index (χ1n) is 5.70. The molecule has 3 nitrogen and oxygen atoms in total. The lowest BCUT2D eigenvalue weighted by atomic mass is 10.2. The van der Waals surface area contributed by atoms with Crippen LogP contribution in [0.3, 0.4) is 0 Å². The highest BCUT2D eigenvalue weighted by atomic mass is 32.1. The number of rotatable bonds is 6. The molecule has 0 aliphatic carbocycles. The summed E-state index contributed by atoms with van der Waals surface area (Å²) in [5, 5.41) is 13.5. The minimum atomic E-state index is 0.372. The van der Waals surface area contributed by atoms with Crippen molar-refractivity contribution >= 4 is 11.3 Å². The topological polar surface area (TPSA) is 45.0 Å². The van der Waals surface area contributed by atoms with Crippen molar-refractivity contribution in [3.05, 3.63) is 52.2 Å². The van der Waals surface area contributed by atoms with Gasteiger partial charge in [0.2, 0.25) is 0 Å². The zero-order valence-corrected chi connectivity index (χ0v) is 10.7. The molecule has 0 bridgehead atoms. The maximum atomic E-state index is 8.42. The molecular formula is C14H14N2OS. The first-order chi connectivity index (χ1) is 8.88. The summed E-state index contributed by atoms with van der Waals surface area (Å²) in [5.41, 5.74) is 1.15. The Hall–Kier alpha value is -1.83. The van der Waals surface area contributed by atoms with Crippen LogP contribution in [0.25, 0.3) is 0 Å². The standard InChI is InChI=1S/C14H14N2OS/c15-7-8-16-10-12-3-5-13(6-4-12)17-11-14-2-1-9-18-14/h1-6,9,16H,8,10-11H2. The van der Waals surface area contributed by atoms with E-state index in [4.69, 9.17) is 10.00 Å². The minimum absolute atomic E-state index is 0.372. The van der Waals surface area contributed by atoms with E-state index in [0.29, 0.717) is 19.7 Å². The van der Waals surface area contributed by atoms with E-state index in [9.17, 15) is 0 Å². The lowest BCUT2D eigenvalue weighted by Crippen LogP contribution is -2.12. The van der Waals surface area contributed by atoms with Gasteiger partial charge in [-0.05, 0) is 29.1 Å². The van der Waals surface area contributed by atoms with Crippen molar-refractivity contribution in [3.63, 3.8) is 0 Å². The Morgan fingerprint density at radius 3 is 2.72 bits per heavy atom. The van der Waals surface area contributed by atoms with Gasteiger partial charge in [0.1, 0.15) is 12.4 Å². The summed E-state index contributed by atoms with van der Waals surface area (Å²) < 4.78 is 5.67. The van der Waals surface area contributed by atoms with E-state index in [2.05, 4.69) is 17.5 Å². The molecule has 0 atom stereocenters. The second kappa shape index (κ2) is 6.80. The third-order valence-electron chi connectivity index (χ3n) is 2.42. The number of nitrogens with zero attached hydrogens (tertiary/aromatic N) is 1. The Morgan fingerprint density at radius 2 is 2.06 bits per heavy atom. The van der Waals surface area contributed by atoms with Gasteiger partial charge in [0.05, 0.1) is 12.6 Å².